The predicted octanol–water partition coefficient (Wildman–Crippen LogP) is 4.03. The van der Waals surface area contributed by atoms with Crippen LogP contribution < -0.4 is 11.5 Å². The molecular formula is C23H21N7. The minimum Gasteiger partial charge on any atom is -0.384 e. The quantitative estimate of drug-likeness (QED) is 0.480. The van der Waals surface area contributed by atoms with Crippen molar-refractivity contribution in [2.45, 2.75) is 13.8 Å². The van der Waals surface area contributed by atoms with E-state index < -0.39 is 0 Å². The van der Waals surface area contributed by atoms with E-state index >= 15 is 0 Å². The van der Waals surface area contributed by atoms with Gasteiger partial charge in [-0.25, -0.2) is 4.98 Å². The zero-order chi connectivity index (χ0) is 20.8. The molecule has 30 heavy (non-hydrogen) atoms. The predicted molar refractivity (Wildman–Crippen MR) is 119 cm³/mol. The first-order chi connectivity index (χ1) is 14.5. The van der Waals surface area contributed by atoms with Crippen LogP contribution in [-0.4, -0.2) is 24.4 Å². The maximum Gasteiger partial charge on any atom is 0.180 e. The summed E-state index contributed by atoms with van der Waals surface area (Å²) in [6.07, 6.45) is 0. The molecule has 0 atom stereocenters. The number of nitrogens with two attached hydrogens (primary N) is 2. The third kappa shape index (κ3) is 3.06. The molecule has 0 fully saturated rings. The molecule has 3 heterocycles. The molecule has 0 aliphatic heterocycles. The molecule has 0 saturated heterocycles. The van der Waals surface area contributed by atoms with E-state index in [4.69, 9.17) is 16.5 Å². The molecule has 0 unspecified atom stereocenters. The lowest BCUT2D eigenvalue weighted by atomic mass is 10.1. The number of aromatic nitrogens is 5. The SMILES string of the molecule is Cc1ccc(-c2cc(N)n3nc(-n4nc(-c5ccc(C)cc5)cc4N)cc3n2)cc1. The van der Waals surface area contributed by atoms with Gasteiger partial charge < -0.3 is 11.5 Å². The van der Waals surface area contributed by atoms with Gasteiger partial charge in [0.15, 0.2) is 11.5 Å². The summed E-state index contributed by atoms with van der Waals surface area (Å²) in [7, 11) is 0. The molecule has 2 aromatic carbocycles. The highest BCUT2D eigenvalue weighted by Crippen LogP contribution is 2.25. The molecule has 7 nitrogen and oxygen atoms in total. The number of benzene rings is 2. The monoisotopic (exact) mass is 395 g/mol. The summed E-state index contributed by atoms with van der Waals surface area (Å²) < 4.78 is 3.20. The highest BCUT2D eigenvalue weighted by molar-refractivity contribution is 5.68. The zero-order valence-electron chi connectivity index (χ0n) is 16.7. The van der Waals surface area contributed by atoms with Gasteiger partial charge in [-0.3, -0.25) is 0 Å². The van der Waals surface area contributed by atoms with Crippen LogP contribution in [0.4, 0.5) is 11.6 Å². The molecule has 5 rings (SSSR count). The highest BCUT2D eigenvalue weighted by atomic mass is 15.4. The lowest BCUT2D eigenvalue weighted by molar-refractivity contribution is 0.826. The second-order valence-corrected chi connectivity index (χ2v) is 7.44. The molecule has 0 saturated carbocycles. The molecule has 0 amide bonds. The molecule has 0 bridgehead atoms. The van der Waals surface area contributed by atoms with E-state index in [0.717, 1.165) is 22.5 Å². The minimum absolute atomic E-state index is 0.492. The Labute approximate surface area is 173 Å². The van der Waals surface area contributed by atoms with Crippen molar-refractivity contribution >= 4 is 17.3 Å². The van der Waals surface area contributed by atoms with E-state index in [9.17, 15) is 0 Å². The van der Waals surface area contributed by atoms with Crippen molar-refractivity contribution < 1.29 is 0 Å². The van der Waals surface area contributed by atoms with Crippen LogP contribution in [0.1, 0.15) is 11.1 Å². The molecule has 5 aromatic rings. The molecule has 148 valence electrons. The first-order valence-corrected chi connectivity index (χ1v) is 9.64. The summed E-state index contributed by atoms with van der Waals surface area (Å²) in [5, 5.41) is 9.21. The van der Waals surface area contributed by atoms with Gasteiger partial charge in [-0.2, -0.15) is 14.3 Å². The van der Waals surface area contributed by atoms with Crippen molar-refractivity contribution in [2.75, 3.05) is 11.5 Å². The Bertz CT molecular complexity index is 1360. The molecule has 0 aliphatic rings. The van der Waals surface area contributed by atoms with Gasteiger partial charge in [0, 0.05) is 29.3 Å². The molecule has 0 radical (unpaired) electrons. The van der Waals surface area contributed by atoms with Crippen molar-refractivity contribution in [1.82, 2.24) is 24.4 Å². The summed E-state index contributed by atoms with van der Waals surface area (Å²) in [6, 6.07) is 21.8. The fraction of sp³-hybridized carbons (Fsp3) is 0.0870. The van der Waals surface area contributed by atoms with Crippen LogP contribution in [0.15, 0.2) is 66.7 Å². The third-order valence-electron chi connectivity index (χ3n) is 5.09. The van der Waals surface area contributed by atoms with E-state index in [1.807, 2.05) is 54.6 Å². The zero-order valence-corrected chi connectivity index (χ0v) is 16.7. The lowest BCUT2D eigenvalue weighted by Crippen LogP contribution is -2.04. The second-order valence-electron chi connectivity index (χ2n) is 7.44. The number of hydrogen-bond donors (Lipinski definition) is 2. The summed E-state index contributed by atoms with van der Waals surface area (Å²) in [4.78, 5) is 4.72. The largest absolute Gasteiger partial charge is 0.384 e. The first kappa shape index (κ1) is 17.9. The van der Waals surface area contributed by atoms with Crippen molar-refractivity contribution in [3.05, 3.63) is 77.9 Å². The topological polar surface area (TPSA) is 100 Å². The number of hydrogen-bond acceptors (Lipinski definition) is 5. The number of rotatable bonds is 3. The molecule has 0 aliphatic carbocycles. The molecule has 0 spiro atoms. The fourth-order valence-corrected chi connectivity index (χ4v) is 3.41. The smallest absolute Gasteiger partial charge is 0.180 e. The van der Waals surface area contributed by atoms with E-state index in [1.54, 1.807) is 9.20 Å². The Morgan fingerprint density at radius 1 is 0.667 bits per heavy atom. The third-order valence-corrected chi connectivity index (χ3v) is 5.09. The molecule has 3 aromatic heterocycles. The van der Waals surface area contributed by atoms with E-state index in [0.29, 0.717) is 23.1 Å². The fourth-order valence-electron chi connectivity index (χ4n) is 3.41. The Kier molecular flexibility index (Phi) is 4.03. The van der Waals surface area contributed by atoms with E-state index in [1.165, 1.54) is 11.1 Å². The van der Waals surface area contributed by atoms with Crippen LogP contribution in [0, 0.1) is 13.8 Å². The Hall–Kier alpha value is -4.13. The van der Waals surface area contributed by atoms with Crippen LogP contribution in [0.3, 0.4) is 0 Å². The standard InChI is InChI=1S/C23H21N7/c1-14-3-7-16(8-4-14)18-11-20(24)29-22(26-18)13-23(28-29)30-21(25)12-19(27-30)17-9-5-15(2)6-10-17/h3-13H,24-25H2,1-2H3. The van der Waals surface area contributed by atoms with Gasteiger partial charge in [0.05, 0.1) is 11.4 Å². The maximum atomic E-state index is 6.26. The van der Waals surface area contributed by atoms with Gasteiger partial charge in [-0.05, 0) is 13.8 Å². The minimum atomic E-state index is 0.492. The van der Waals surface area contributed by atoms with Crippen LogP contribution >= 0.6 is 0 Å². The Balaban J connectivity index is 1.58. The van der Waals surface area contributed by atoms with E-state index in [2.05, 4.69) is 36.2 Å². The van der Waals surface area contributed by atoms with Crippen LogP contribution in [0.2, 0.25) is 0 Å². The molecule has 4 N–H and O–H groups in total. The number of aryl methyl sites for hydroxylation is 2. The Morgan fingerprint density at radius 3 is 1.87 bits per heavy atom. The van der Waals surface area contributed by atoms with Crippen molar-refractivity contribution in [1.29, 1.82) is 0 Å². The van der Waals surface area contributed by atoms with Gasteiger partial charge in [0.25, 0.3) is 0 Å². The van der Waals surface area contributed by atoms with Gasteiger partial charge in [-0.15, -0.1) is 5.10 Å². The van der Waals surface area contributed by atoms with Crippen LogP contribution in [-0.2, 0) is 0 Å². The van der Waals surface area contributed by atoms with Gasteiger partial charge in [0.2, 0.25) is 0 Å². The summed E-state index contributed by atoms with van der Waals surface area (Å²) in [5.41, 5.74) is 19.1. The average Bonchev–Trinajstić information content (AvgIpc) is 3.33. The normalized spacial score (nSPS) is 11.3. The van der Waals surface area contributed by atoms with Crippen molar-refractivity contribution in [3.63, 3.8) is 0 Å². The summed E-state index contributed by atoms with van der Waals surface area (Å²) in [6.45, 7) is 4.10. The Morgan fingerprint density at radius 2 is 1.23 bits per heavy atom. The number of nitrogen functional groups attached to an aromatic ring is 2. The number of nitrogens with zero attached hydrogens (tertiary/aromatic N) is 5. The summed E-state index contributed by atoms with van der Waals surface area (Å²) in [5.74, 6) is 1.55. The second kappa shape index (κ2) is 6.73. The van der Waals surface area contributed by atoms with Crippen molar-refractivity contribution in [2.24, 2.45) is 0 Å². The summed E-state index contributed by atoms with van der Waals surface area (Å²) >= 11 is 0. The highest BCUT2D eigenvalue weighted by Gasteiger charge is 2.14. The van der Waals surface area contributed by atoms with Crippen LogP contribution in [0.25, 0.3) is 34.0 Å². The average molecular weight is 395 g/mol. The number of anilines is 2. The maximum absolute atomic E-state index is 6.26. The van der Waals surface area contributed by atoms with Gasteiger partial charge in [0.1, 0.15) is 11.6 Å². The molecule has 7 heteroatoms. The van der Waals surface area contributed by atoms with Gasteiger partial charge in [-0.1, -0.05) is 59.7 Å². The van der Waals surface area contributed by atoms with Gasteiger partial charge >= 0.3 is 0 Å². The molecular weight excluding hydrogens is 374 g/mol. The van der Waals surface area contributed by atoms with E-state index in [-0.39, 0.29) is 0 Å². The number of fused-ring (bicyclic) bond motifs is 1. The van der Waals surface area contributed by atoms with Crippen molar-refractivity contribution in [3.8, 4) is 28.3 Å². The first-order valence-electron chi connectivity index (χ1n) is 9.64. The lowest BCUT2D eigenvalue weighted by Gasteiger charge is -2.04. The van der Waals surface area contributed by atoms with Crippen LogP contribution in [0.5, 0.6) is 0 Å².